The number of aliphatic hydroxyl groups excluding tert-OH is 1. The third-order valence-corrected chi connectivity index (χ3v) is 3.58. The van der Waals surface area contributed by atoms with Gasteiger partial charge >= 0.3 is 5.92 Å². The summed E-state index contributed by atoms with van der Waals surface area (Å²) in [5.41, 5.74) is 0.306. The molecule has 2 aromatic heterocycles. The Kier molecular flexibility index (Phi) is 3.98. The van der Waals surface area contributed by atoms with Crippen LogP contribution in [0.1, 0.15) is 21.7 Å². The van der Waals surface area contributed by atoms with Gasteiger partial charge in [0.15, 0.2) is 0 Å². The quantitative estimate of drug-likeness (QED) is 0.700. The Bertz CT molecular complexity index is 891. The van der Waals surface area contributed by atoms with Crippen LogP contribution < -0.4 is 4.74 Å². The number of ether oxygens (including phenoxy) is 1. The minimum atomic E-state index is -3.45. The van der Waals surface area contributed by atoms with E-state index in [4.69, 9.17) is 9.84 Å². The number of carbonyl (C=O) groups excluding carboxylic acids is 1. The number of ketones is 1. The van der Waals surface area contributed by atoms with Crippen molar-refractivity contribution in [2.45, 2.75) is 5.92 Å². The second-order valence-electron chi connectivity index (χ2n) is 5.11. The van der Waals surface area contributed by atoms with Crippen LogP contribution in [0.3, 0.4) is 0 Å². The van der Waals surface area contributed by atoms with Gasteiger partial charge in [0.05, 0.1) is 12.6 Å². The standard InChI is InChI=1S/C16H13F2N3O3/c1-24-10-3-4-11-12(6-10)20-21-14(11)15(23)9-2-5-13(19-7-9)16(17,18)8-22/h2-7,22H,8H2,1H3,(H,20,21). The molecule has 24 heavy (non-hydrogen) atoms. The highest BCUT2D eigenvalue weighted by Gasteiger charge is 2.32. The number of hydrogen-bond donors (Lipinski definition) is 2. The van der Waals surface area contributed by atoms with Gasteiger partial charge < -0.3 is 9.84 Å². The second-order valence-corrected chi connectivity index (χ2v) is 5.11. The van der Waals surface area contributed by atoms with Crippen LogP contribution in [0.2, 0.25) is 0 Å². The van der Waals surface area contributed by atoms with E-state index in [1.807, 2.05) is 0 Å². The predicted molar refractivity (Wildman–Crippen MR) is 81.3 cm³/mol. The summed E-state index contributed by atoms with van der Waals surface area (Å²) in [6, 6.07) is 7.33. The lowest BCUT2D eigenvalue weighted by Gasteiger charge is -2.12. The maximum absolute atomic E-state index is 13.3. The first kappa shape index (κ1) is 16.0. The number of halogens is 2. The molecule has 0 spiro atoms. The highest BCUT2D eigenvalue weighted by atomic mass is 19.3. The van der Waals surface area contributed by atoms with Crippen molar-refractivity contribution in [3.05, 3.63) is 53.5 Å². The molecule has 1 aromatic carbocycles. The molecule has 2 heterocycles. The van der Waals surface area contributed by atoms with E-state index in [9.17, 15) is 13.6 Å². The van der Waals surface area contributed by atoms with E-state index >= 15 is 0 Å². The third kappa shape index (κ3) is 2.71. The van der Waals surface area contributed by atoms with Crippen molar-refractivity contribution in [1.82, 2.24) is 15.2 Å². The second kappa shape index (κ2) is 5.97. The number of aromatic nitrogens is 3. The lowest BCUT2D eigenvalue weighted by Crippen LogP contribution is -2.20. The van der Waals surface area contributed by atoms with Crippen molar-refractivity contribution in [3.8, 4) is 5.75 Å². The molecular formula is C16H13F2N3O3. The molecule has 0 unspecified atom stereocenters. The number of aromatic amines is 1. The molecule has 0 saturated heterocycles. The molecule has 0 aliphatic rings. The Morgan fingerprint density at radius 1 is 1.33 bits per heavy atom. The van der Waals surface area contributed by atoms with E-state index < -0.39 is 24.0 Å². The lowest BCUT2D eigenvalue weighted by atomic mass is 10.1. The number of rotatable bonds is 5. The number of nitrogens with zero attached hydrogens (tertiary/aromatic N) is 2. The van der Waals surface area contributed by atoms with Crippen LogP contribution in [0.4, 0.5) is 8.78 Å². The topological polar surface area (TPSA) is 88.1 Å². The van der Waals surface area contributed by atoms with Crippen LogP contribution >= 0.6 is 0 Å². The van der Waals surface area contributed by atoms with Gasteiger partial charge in [-0.05, 0) is 24.3 Å². The zero-order chi connectivity index (χ0) is 17.3. The van der Waals surface area contributed by atoms with Crippen LogP contribution in [-0.2, 0) is 5.92 Å². The number of H-pyrrole nitrogens is 1. The molecule has 0 amide bonds. The van der Waals surface area contributed by atoms with E-state index in [1.165, 1.54) is 13.2 Å². The van der Waals surface area contributed by atoms with Crippen molar-refractivity contribution in [2.24, 2.45) is 0 Å². The van der Waals surface area contributed by atoms with Crippen molar-refractivity contribution in [1.29, 1.82) is 0 Å². The van der Waals surface area contributed by atoms with E-state index in [0.717, 1.165) is 12.3 Å². The molecular weight excluding hydrogens is 320 g/mol. The maximum atomic E-state index is 13.3. The van der Waals surface area contributed by atoms with E-state index in [2.05, 4.69) is 15.2 Å². The zero-order valence-corrected chi connectivity index (χ0v) is 12.6. The van der Waals surface area contributed by atoms with Gasteiger partial charge in [0.2, 0.25) is 5.78 Å². The summed E-state index contributed by atoms with van der Waals surface area (Å²) < 4.78 is 31.8. The number of hydrogen-bond acceptors (Lipinski definition) is 5. The molecule has 0 aliphatic heterocycles. The van der Waals surface area contributed by atoms with E-state index in [0.29, 0.717) is 16.7 Å². The number of nitrogens with one attached hydrogen (secondary N) is 1. The molecule has 6 nitrogen and oxygen atoms in total. The van der Waals surface area contributed by atoms with Crippen molar-refractivity contribution < 1.29 is 23.4 Å². The van der Waals surface area contributed by atoms with Gasteiger partial charge in [0, 0.05) is 23.2 Å². The number of methoxy groups -OCH3 is 1. The Hall–Kier alpha value is -2.87. The number of aliphatic hydroxyl groups is 1. The molecule has 3 aromatic rings. The number of pyridine rings is 1. The minimum absolute atomic E-state index is 0.122. The summed E-state index contributed by atoms with van der Waals surface area (Å²) in [6.45, 7) is -1.35. The Labute approximate surface area is 135 Å². The predicted octanol–water partition coefficient (Wildman–Crippen LogP) is 2.28. The van der Waals surface area contributed by atoms with Crippen molar-refractivity contribution in [3.63, 3.8) is 0 Å². The fourth-order valence-electron chi connectivity index (χ4n) is 2.26. The number of fused-ring (bicyclic) bond motifs is 1. The molecule has 0 atom stereocenters. The van der Waals surface area contributed by atoms with E-state index in [1.54, 1.807) is 18.2 Å². The Morgan fingerprint density at radius 3 is 2.75 bits per heavy atom. The largest absolute Gasteiger partial charge is 0.497 e. The van der Waals surface area contributed by atoms with Crippen molar-refractivity contribution >= 4 is 16.7 Å². The van der Waals surface area contributed by atoms with Gasteiger partial charge in [-0.3, -0.25) is 14.9 Å². The summed E-state index contributed by atoms with van der Waals surface area (Å²) in [5.74, 6) is -3.28. The van der Waals surface area contributed by atoms with Crippen molar-refractivity contribution in [2.75, 3.05) is 13.7 Å². The van der Waals surface area contributed by atoms with Gasteiger partial charge in [-0.2, -0.15) is 13.9 Å². The fraction of sp³-hybridized carbons (Fsp3) is 0.188. The van der Waals surface area contributed by atoms with Gasteiger partial charge in [-0.25, -0.2) is 0 Å². The Morgan fingerprint density at radius 2 is 2.12 bits per heavy atom. The first-order valence-electron chi connectivity index (χ1n) is 6.98. The average molecular weight is 333 g/mol. The average Bonchev–Trinajstić information content (AvgIpc) is 3.04. The first-order chi connectivity index (χ1) is 11.5. The van der Waals surface area contributed by atoms with Crippen LogP contribution in [0, 0.1) is 0 Å². The SMILES string of the molecule is COc1ccc2c(C(=O)c3ccc(C(F)(F)CO)nc3)n[nH]c2c1. The number of benzene rings is 1. The molecule has 8 heteroatoms. The van der Waals surface area contributed by atoms with Crippen LogP contribution in [0.5, 0.6) is 5.75 Å². The third-order valence-electron chi connectivity index (χ3n) is 3.58. The molecule has 0 aliphatic carbocycles. The van der Waals surface area contributed by atoms with Gasteiger partial charge in [-0.15, -0.1) is 0 Å². The molecule has 0 fully saturated rings. The lowest BCUT2D eigenvalue weighted by molar-refractivity contribution is -0.0592. The van der Waals surface area contributed by atoms with Crippen LogP contribution in [-0.4, -0.2) is 39.8 Å². The van der Waals surface area contributed by atoms with Crippen LogP contribution in [0.25, 0.3) is 10.9 Å². The maximum Gasteiger partial charge on any atom is 0.312 e. The number of carbonyl (C=O) groups is 1. The van der Waals surface area contributed by atoms with Gasteiger partial charge in [0.25, 0.3) is 0 Å². The summed E-state index contributed by atoms with van der Waals surface area (Å²) >= 11 is 0. The smallest absolute Gasteiger partial charge is 0.312 e. The highest BCUT2D eigenvalue weighted by Crippen LogP contribution is 2.26. The molecule has 3 rings (SSSR count). The van der Waals surface area contributed by atoms with Crippen LogP contribution in [0.15, 0.2) is 36.5 Å². The zero-order valence-electron chi connectivity index (χ0n) is 12.6. The van der Waals surface area contributed by atoms with E-state index in [-0.39, 0.29) is 11.3 Å². The minimum Gasteiger partial charge on any atom is -0.497 e. The molecule has 124 valence electrons. The monoisotopic (exact) mass is 333 g/mol. The first-order valence-corrected chi connectivity index (χ1v) is 6.98. The summed E-state index contributed by atoms with van der Waals surface area (Å²) in [4.78, 5) is 16.1. The molecule has 2 N–H and O–H groups in total. The Balaban J connectivity index is 1.95. The highest BCUT2D eigenvalue weighted by molar-refractivity contribution is 6.14. The molecule has 0 saturated carbocycles. The summed E-state index contributed by atoms with van der Waals surface area (Å²) in [6.07, 6.45) is 1.05. The molecule has 0 bridgehead atoms. The molecule has 0 radical (unpaired) electrons. The fourth-order valence-corrected chi connectivity index (χ4v) is 2.26. The number of alkyl halides is 2. The summed E-state index contributed by atoms with van der Waals surface area (Å²) in [7, 11) is 1.53. The van der Waals surface area contributed by atoms with Gasteiger partial charge in [0.1, 0.15) is 23.7 Å². The normalized spacial score (nSPS) is 11.7. The summed E-state index contributed by atoms with van der Waals surface area (Å²) in [5, 5.41) is 16.0. The van der Waals surface area contributed by atoms with Gasteiger partial charge in [-0.1, -0.05) is 0 Å².